The second-order valence-corrected chi connectivity index (χ2v) is 3.61. The summed E-state index contributed by atoms with van der Waals surface area (Å²) >= 11 is 0. The van der Waals surface area contributed by atoms with E-state index in [0.717, 1.165) is 31.9 Å². The Labute approximate surface area is 84.5 Å². The zero-order chi connectivity index (χ0) is 9.80. The molecule has 1 fully saturated rings. The van der Waals surface area contributed by atoms with E-state index in [4.69, 9.17) is 4.74 Å². The third-order valence-corrected chi connectivity index (χ3v) is 2.51. The normalized spacial score (nSPS) is 21.1. The largest absolute Gasteiger partial charge is 0.379 e. The number of hydrogen-bond donors (Lipinski definition) is 1. The molecule has 0 aromatic carbocycles. The summed E-state index contributed by atoms with van der Waals surface area (Å²) in [6.07, 6.45) is 3.99. The number of nitrogens with one attached hydrogen (secondary N) is 1. The van der Waals surface area contributed by atoms with Crippen molar-refractivity contribution in [3.8, 4) is 0 Å². The van der Waals surface area contributed by atoms with Gasteiger partial charge in [0.1, 0.15) is 5.82 Å². The van der Waals surface area contributed by atoms with Crippen molar-refractivity contribution in [2.24, 2.45) is 0 Å². The van der Waals surface area contributed by atoms with E-state index in [9.17, 15) is 0 Å². The molecule has 2 rings (SSSR count). The van der Waals surface area contributed by atoms with Gasteiger partial charge in [0, 0.05) is 12.8 Å². The van der Waals surface area contributed by atoms with Crippen LogP contribution in [0.5, 0.6) is 0 Å². The lowest BCUT2D eigenvalue weighted by molar-refractivity contribution is 0.195. The van der Waals surface area contributed by atoms with Crippen LogP contribution in [0.25, 0.3) is 0 Å². The Bertz CT molecular complexity index is 295. The number of anilines is 1. The van der Waals surface area contributed by atoms with Crippen molar-refractivity contribution in [2.75, 3.05) is 18.5 Å². The van der Waals surface area contributed by atoms with Gasteiger partial charge in [-0.3, -0.25) is 0 Å². The van der Waals surface area contributed by atoms with Crippen LogP contribution in [0.2, 0.25) is 0 Å². The predicted octanol–water partition coefficient (Wildman–Crippen LogP) is 1.84. The summed E-state index contributed by atoms with van der Waals surface area (Å²) in [5.41, 5.74) is 1.32. The third-order valence-electron chi connectivity index (χ3n) is 2.51. The monoisotopic (exact) mass is 192 g/mol. The van der Waals surface area contributed by atoms with Crippen molar-refractivity contribution in [3.63, 3.8) is 0 Å². The van der Waals surface area contributed by atoms with E-state index in [1.807, 2.05) is 6.20 Å². The molecular formula is C11H16N2O. The van der Waals surface area contributed by atoms with E-state index in [-0.39, 0.29) is 0 Å². The van der Waals surface area contributed by atoms with Crippen LogP contribution in [0, 0.1) is 0 Å². The first-order valence-electron chi connectivity index (χ1n) is 5.17. The quantitative estimate of drug-likeness (QED) is 0.793. The number of pyridine rings is 1. The SMILES string of the molecule is CCc1ccnc(NC2CCOC2)c1. The van der Waals surface area contributed by atoms with Crippen LogP contribution in [0.1, 0.15) is 18.9 Å². The number of aryl methyl sites for hydroxylation is 1. The third kappa shape index (κ3) is 2.23. The van der Waals surface area contributed by atoms with Gasteiger partial charge in [0.2, 0.25) is 0 Å². The summed E-state index contributed by atoms with van der Waals surface area (Å²) in [4.78, 5) is 4.28. The Morgan fingerprint density at radius 1 is 1.64 bits per heavy atom. The average molecular weight is 192 g/mol. The van der Waals surface area contributed by atoms with Crippen molar-refractivity contribution in [3.05, 3.63) is 23.9 Å². The van der Waals surface area contributed by atoms with Gasteiger partial charge in [0.05, 0.1) is 12.6 Å². The van der Waals surface area contributed by atoms with Crippen LogP contribution >= 0.6 is 0 Å². The van der Waals surface area contributed by atoms with Crippen LogP contribution < -0.4 is 5.32 Å². The molecule has 1 aromatic rings. The summed E-state index contributed by atoms with van der Waals surface area (Å²) in [6.45, 7) is 3.82. The molecule has 2 heterocycles. The predicted molar refractivity (Wildman–Crippen MR) is 56.5 cm³/mol. The van der Waals surface area contributed by atoms with Crippen LogP contribution in [0.3, 0.4) is 0 Å². The molecule has 76 valence electrons. The highest BCUT2D eigenvalue weighted by Crippen LogP contribution is 2.12. The van der Waals surface area contributed by atoms with E-state index in [2.05, 4.69) is 29.4 Å². The van der Waals surface area contributed by atoms with Gasteiger partial charge in [0.15, 0.2) is 0 Å². The Balaban J connectivity index is 2.00. The van der Waals surface area contributed by atoms with E-state index >= 15 is 0 Å². The average Bonchev–Trinajstić information content (AvgIpc) is 2.71. The van der Waals surface area contributed by atoms with E-state index in [1.165, 1.54) is 5.56 Å². The maximum absolute atomic E-state index is 5.30. The molecule has 3 nitrogen and oxygen atoms in total. The molecular weight excluding hydrogens is 176 g/mol. The Morgan fingerprint density at radius 2 is 2.57 bits per heavy atom. The Kier molecular flexibility index (Phi) is 2.99. The molecule has 1 unspecified atom stereocenters. The second kappa shape index (κ2) is 4.42. The van der Waals surface area contributed by atoms with Crippen LogP contribution in [0.15, 0.2) is 18.3 Å². The maximum Gasteiger partial charge on any atom is 0.126 e. The first kappa shape index (κ1) is 9.46. The van der Waals surface area contributed by atoms with Crippen molar-refractivity contribution in [2.45, 2.75) is 25.8 Å². The minimum atomic E-state index is 0.439. The lowest BCUT2D eigenvalue weighted by Crippen LogP contribution is -2.19. The smallest absolute Gasteiger partial charge is 0.126 e. The minimum Gasteiger partial charge on any atom is -0.379 e. The Hall–Kier alpha value is -1.09. The molecule has 0 spiro atoms. The molecule has 0 radical (unpaired) electrons. The molecule has 1 atom stereocenters. The number of rotatable bonds is 3. The summed E-state index contributed by atoms with van der Waals surface area (Å²) in [7, 11) is 0. The molecule has 0 aliphatic carbocycles. The molecule has 14 heavy (non-hydrogen) atoms. The molecule has 1 aliphatic heterocycles. The zero-order valence-electron chi connectivity index (χ0n) is 8.49. The number of ether oxygens (including phenoxy) is 1. The van der Waals surface area contributed by atoms with Crippen molar-refractivity contribution in [1.82, 2.24) is 4.98 Å². The highest BCUT2D eigenvalue weighted by atomic mass is 16.5. The molecule has 1 saturated heterocycles. The van der Waals surface area contributed by atoms with Gasteiger partial charge < -0.3 is 10.1 Å². The number of nitrogens with zero attached hydrogens (tertiary/aromatic N) is 1. The van der Waals surface area contributed by atoms with Gasteiger partial charge in [0.25, 0.3) is 0 Å². The summed E-state index contributed by atoms with van der Waals surface area (Å²) in [6, 6.07) is 4.60. The summed E-state index contributed by atoms with van der Waals surface area (Å²) in [5, 5.41) is 3.38. The van der Waals surface area contributed by atoms with E-state index in [1.54, 1.807) is 0 Å². The van der Waals surface area contributed by atoms with Crippen molar-refractivity contribution < 1.29 is 4.74 Å². The highest BCUT2D eigenvalue weighted by molar-refractivity contribution is 5.38. The molecule has 1 aromatic heterocycles. The number of hydrogen-bond acceptors (Lipinski definition) is 3. The first-order chi connectivity index (χ1) is 6.88. The van der Waals surface area contributed by atoms with Crippen LogP contribution in [0.4, 0.5) is 5.82 Å². The van der Waals surface area contributed by atoms with Gasteiger partial charge in [-0.25, -0.2) is 4.98 Å². The lowest BCUT2D eigenvalue weighted by atomic mass is 10.2. The lowest BCUT2D eigenvalue weighted by Gasteiger charge is -2.11. The summed E-state index contributed by atoms with van der Waals surface area (Å²) < 4.78 is 5.30. The molecule has 3 heteroatoms. The maximum atomic E-state index is 5.30. The molecule has 0 amide bonds. The fourth-order valence-corrected chi connectivity index (χ4v) is 1.63. The fourth-order valence-electron chi connectivity index (χ4n) is 1.63. The first-order valence-corrected chi connectivity index (χ1v) is 5.17. The van der Waals surface area contributed by atoms with Crippen molar-refractivity contribution in [1.29, 1.82) is 0 Å². The van der Waals surface area contributed by atoms with E-state index in [0.29, 0.717) is 6.04 Å². The Morgan fingerprint density at radius 3 is 3.29 bits per heavy atom. The highest BCUT2D eigenvalue weighted by Gasteiger charge is 2.15. The standard InChI is InChI=1S/C11H16N2O/c1-2-9-3-5-12-11(7-9)13-10-4-6-14-8-10/h3,5,7,10H,2,4,6,8H2,1H3,(H,12,13). The number of aromatic nitrogens is 1. The molecule has 1 N–H and O–H groups in total. The van der Waals surface area contributed by atoms with Gasteiger partial charge in [-0.2, -0.15) is 0 Å². The fraction of sp³-hybridized carbons (Fsp3) is 0.545. The van der Waals surface area contributed by atoms with Gasteiger partial charge in [-0.15, -0.1) is 0 Å². The van der Waals surface area contributed by atoms with Crippen molar-refractivity contribution >= 4 is 5.82 Å². The summed E-state index contributed by atoms with van der Waals surface area (Å²) in [5.74, 6) is 0.972. The topological polar surface area (TPSA) is 34.2 Å². The second-order valence-electron chi connectivity index (χ2n) is 3.61. The minimum absolute atomic E-state index is 0.439. The van der Waals surface area contributed by atoms with Gasteiger partial charge in [-0.1, -0.05) is 6.92 Å². The van der Waals surface area contributed by atoms with E-state index < -0.39 is 0 Å². The van der Waals surface area contributed by atoms with Crippen LogP contribution in [-0.4, -0.2) is 24.2 Å². The zero-order valence-corrected chi connectivity index (χ0v) is 8.49. The molecule has 0 saturated carbocycles. The molecule has 0 bridgehead atoms. The van der Waals surface area contributed by atoms with Crippen LogP contribution in [-0.2, 0) is 11.2 Å². The van der Waals surface area contributed by atoms with Gasteiger partial charge in [-0.05, 0) is 30.5 Å². The molecule has 1 aliphatic rings. The van der Waals surface area contributed by atoms with Gasteiger partial charge >= 0.3 is 0 Å².